The molecular formula is C12H10FNO4. The van der Waals surface area contributed by atoms with E-state index in [1.54, 1.807) is 0 Å². The molecule has 0 aromatic heterocycles. The van der Waals surface area contributed by atoms with Crippen LogP contribution in [0.4, 0.5) is 4.39 Å². The van der Waals surface area contributed by atoms with Crippen LogP contribution in [0.1, 0.15) is 33.6 Å². The fourth-order valence-electron chi connectivity index (χ4n) is 1.85. The normalized spacial score (nSPS) is 13.9. The van der Waals surface area contributed by atoms with E-state index in [0.29, 0.717) is 0 Å². The first kappa shape index (κ1) is 12.2. The van der Waals surface area contributed by atoms with Gasteiger partial charge in [0.2, 0.25) is 0 Å². The number of imide groups is 1. The number of rotatable bonds is 4. The van der Waals surface area contributed by atoms with Crippen LogP contribution < -0.4 is 0 Å². The van der Waals surface area contributed by atoms with E-state index >= 15 is 0 Å². The van der Waals surface area contributed by atoms with E-state index in [0.717, 1.165) is 17.0 Å². The first-order valence-corrected chi connectivity index (χ1v) is 5.38. The minimum atomic E-state index is -0.988. The van der Waals surface area contributed by atoms with Gasteiger partial charge in [-0.1, -0.05) is 0 Å². The Morgan fingerprint density at radius 3 is 2.56 bits per heavy atom. The van der Waals surface area contributed by atoms with Gasteiger partial charge in [-0.25, -0.2) is 4.39 Å². The summed E-state index contributed by atoms with van der Waals surface area (Å²) in [7, 11) is 0. The summed E-state index contributed by atoms with van der Waals surface area (Å²) in [6.07, 6.45) is 0.0606. The smallest absolute Gasteiger partial charge is 0.303 e. The van der Waals surface area contributed by atoms with Gasteiger partial charge < -0.3 is 5.11 Å². The number of halogens is 1. The summed E-state index contributed by atoms with van der Waals surface area (Å²) in [5, 5.41) is 8.49. The molecule has 94 valence electrons. The molecule has 0 fully saturated rings. The van der Waals surface area contributed by atoms with Crippen molar-refractivity contribution in [1.82, 2.24) is 4.90 Å². The molecule has 0 atom stereocenters. The third kappa shape index (κ3) is 2.09. The number of fused-ring (bicyclic) bond motifs is 1. The summed E-state index contributed by atoms with van der Waals surface area (Å²) in [6.45, 7) is 0.0280. The molecule has 1 N–H and O–H groups in total. The van der Waals surface area contributed by atoms with Gasteiger partial charge >= 0.3 is 5.97 Å². The molecule has 0 aliphatic carbocycles. The van der Waals surface area contributed by atoms with E-state index in [9.17, 15) is 18.8 Å². The zero-order valence-corrected chi connectivity index (χ0v) is 9.35. The molecule has 18 heavy (non-hydrogen) atoms. The summed E-state index contributed by atoms with van der Waals surface area (Å²) in [5.41, 5.74) is 0.201. The van der Waals surface area contributed by atoms with E-state index < -0.39 is 23.6 Å². The average molecular weight is 251 g/mol. The zero-order valence-electron chi connectivity index (χ0n) is 9.35. The molecule has 5 nitrogen and oxygen atoms in total. The van der Waals surface area contributed by atoms with Crippen molar-refractivity contribution >= 4 is 17.8 Å². The predicted molar refractivity (Wildman–Crippen MR) is 58.6 cm³/mol. The molecule has 2 rings (SSSR count). The van der Waals surface area contributed by atoms with Crippen LogP contribution in [0, 0.1) is 5.82 Å². The Balaban J connectivity index is 2.15. The van der Waals surface area contributed by atoms with Crippen molar-refractivity contribution in [1.29, 1.82) is 0 Å². The Kier molecular flexibility index (Phi) is 3.10. The van der Waals surface area contributed by atoms with Gasteiger partial charge in [0.15, 0.2) is 0 Å². The summed E-state index contributed by atoms with van der Waals surface area (Å²) in [5.74, 6) is -2.64. The maximum atomic E-state index is 13.0. The van der Waals surface area contributed by atoms with Gasteiger partial charge in [-0.2, -0.15) is 0 Å². The lowest BCUT2D eigenvalue weighted by Gasteiger charge is -2.12. The molecule has 0 spiro atoms. The molecule has 1 aromatic rings. The van der Waals surface area contributed by atoms with E-state index in [4.69, 9.17) is 5.11 Å². The number of carboxylic acid groups (broad SMARTS) is 1. The molecule has 0 bridgehead atoms. The van der Waals surface area contributed by atoms with Gasteiger partial charge in [0.25, 0.3) is 11.8 Å². The maximum absolute atomic E-state index is 13.0. The van der Waals surface area contributed by atoms with Gasteiger partial charge in [0, 0.05) is 13.0 Å². The first-order valence-electron chi connectivity index (χ1n) is 5.38. The molecule has 1 aliphatic rings. The number of amides is 2. The van der Waals surface area contributed by atoms with E-state index in [-0.39, 0.29) is 30.5 Å². The second-order valence-corrected chi connectivity index (χ2v) is 3.95. The minimum Gasteiger partial charge on any atom is -0.481 e. The van der Waals surface area contributed by atoms with E-state index in [2.05, 4.69) is 0 Å². The second-order valence-electron chi connectivity index (χ2n) is 3.95. The highest BCUT2D eigenvalue weighted by Gasteiger charge is 2.35. The van der Waals surface area contributed by atoms with Crippen molar-refractivity contribution in [2.45, 2.75) is 12.8 Å². The standard InChI is InChI=1S/C12H10FNO4/c13-7-3-4-8-9(6-7)12(18)14(11(8)17)5-1-2-10(15)16/h3-4,6H,1-2,5H2,(H,15,16). The molecule has 1 aliphatic heterocycles. The molecule has 0 unspecified atom stereocenters. The largest absolute Gasteiger partial charge is 0.481 e. The predicted octanol–water partition coefficient (Wildman–Crippen LogP) is 1.29. The Labute approximate surface area is 102 Å². The molecule has 0 saturated heterocycles. The quantitative estimate of drug-likeness (QED) is 0.818. The number of carbonyl (C=O) groups excluding carboxylic acids is 2. The number of nitrogens with zero attached hydrogens (tertiary/aromatic N) is 1. The third-order valence-corrected chi connectivity index (χ3v) is 2.71. The average Bonchev–Trinajstić information content (AvgIpc) is 2.53. The Hall–Kier alpha value is -2.24. The lowest BCUT2D eigenvalue weighted by Crippen LogP contribution is -2.31. The number of hydrogen-bond acceptors (Lipinski definition) is 3. The van der Waals surface area contributed by atoms with Crippen molar-refractivity contribution < 1.29 is 23.9 Å². The van der Waals surface area contributed by atoms with Crippen molar-refractivity contribution in [2.24, 2.45) is 0 Å². The lowest BCUT2D eigenvalue weighted by atomic mass is 10.1. The van der Waals surface area contributed by atoms with Crippen LogP contribution in [0.5, 0.6) is 0 Å². The second kappa shape index (κ2) is 4.56. The zero-order chi connectivity index (χ0) is 13.3. The summed E-state index contributed by atoms with van der Waals surface area (Å²) >= 11 is 0. The minimum absolute atomic E-state index is 0.0280. The Morgan fingerprint density at radius 1 is 1.22 bits per heavy atom. The Morgan fingerprint density at radius 2 is 1.89 bits per heavy atom. The summed E-state index contributed by atoms with van der Waals surface area (Å²) in [6, 6.07) is 3.40. The molecule has 1 aromatic carbocycles. The van der Waals surface area contributed by atoms with Crippen LogP contribution >= 0.6 is 0 Å². The monoisotopic (exact) mass is 251 g/mol. The van der Waals surface area contributed by atoms with Crippen molar-refractivity contribution in [3.8, 4) is 0 Å². The Bertz CT molecular complexity index is 541. The molecule has 0 saturated carbocycles. The number of aliphatic carboxylic acids is 1. The van der Waals surface area contributed by atoms with Gasteiger partial charge in [-0.3, -0.25) is 19.3 Å². The molecule has 2 amide bonds. The van der Waals surface area contributed by atoms with Crippen molar-refractivity contribution in [3.05, 3.63) is 35.1 Å². The van der Waals surface area contributed by atoms with Gasteiger partial charge in [0.1, 0.15) is 5.82 Å². The number of benzene rings is 1. The molecular weight excluding hydrogens is 241 g/mol. The van der Waals surface area contributed by atoms with Crippen LogP contribution in [0.15, 0.2) is 18.2 Å². The third-order valence-electron chi connectivity index (χ3n) is 2.71. The highest BCUT2D eigenvalue weighted by Crippen LogP contribution is 2.23. The van der Waals surface area contributed by atoms with Crippen LogP contribution in [0.2, 0.25) is 0 Å². The van der Waals surface area contributed by atoms with Crippen LogP contribution in [0.3, 0.4) is 0 Å². The topological polar surface area (TPSA) is 74.7 Å². The van der Waals surface area contributed by atoms with E-state index in [1.807, 2.05) is 0 Å². The highest BCUT2D eigenvalue weighted by molar-refractivity contribution is 6.21. The number of hydrogen-bond donors (Lipinski definition) is 1. The van der Waals surface area contributed by atoms with Crippen LogP contribution in [0.25, 0.3) is 0 Å². The van der Waals surface area contributed by atoms with Crippen LogP contribution in [-0.4, -0.2) is 34.3 Å². The molecule has 6 heteroatoms. The lowest BCUT2D eigenvalue weighted by molar-refractivity contribution is -0.137. The van der Waals surface area contributed by atoms with Crippen LogP contribution in [-0.2, 0) is 4.79 Å². The fraction of sp³-hybridized carbons (Fsp3) is 0.250. The van der Waals surface area contributed by atoms with Gasteiger partial charge in [-0.05, 0) is 24.6 Å². The molecule has 1 heterocycles. The molecule has 0 radical (unpaired) electrons. The summed E-state index contributed by atoms with van der Waals surface area (Å²) in [4.78, 5) is 35.0. The highest BCUT2D eigenvalue weighted by atomic mass is 19.1. The van der Waals surface area contributed by atoms with Gasteiger partial charge in [0.05, 0.1) is 11.1 Å². The fourth-order valence-corrected chi connectivity index (χ4v) is 1.85. The SMILES string of the molecule is O=C(O)CCCN1C(=O)c2ccc(F)cc2C1=O. The van der Waals surface area contributed by atoms with Crippen molar-refractivity contribution in [2.75, 3.05) is 6.54 Å². The summed E-state index contributed by atoms with van der Waals surface area (Å²) < 4.78 is 13.0. The van der Waals surface area contributed by atoms with E-state index in [1.165, 1.54) is 6.07 Å². The number of carbonyl (C=O) groups is 3. The van der Waals surface area contributed by atoms with Gasteiger partial charge in [-0.15, -0.1) is 0 Å². The number of carboxylic acids is 1. The maximum Gasteiger partial charge on any atom is 0.303 e. The van der Waals surface area contributed by atoms with Crippen molar-refractivity contribution in [3.63, 3.8) is 0 Å². The first-order chi connectivity index (χ1) is 8.50.